The van der Waals surface area contributed by atoms with E-state index in [1.54, 1.807) is 0 Å². The molecular weight excluding hydrogens is 216 g/mol. The van der Waals surface area contributed by atoms with Crippen LogP contribution in [0, 0.1) is 20.8 Å². The van der Waals surface area contributed by atoms with E-state index in [0.717, 1.165) is 10.6 Å². The molecule has 0 unspecified atom stereocenters. The molecule has 0 bridgehead atoms. The lowest BCUT2D eigenvalue weighted by atomic mass is 9.94. The average Bonchev–Trinajstić information content (AvgIpc) is 2.24. The second-order valence-electron chi connectivity index (χ2n) is 4.18. The fourth-order valence-corrected chi connectivity index (χ4v) is 2.32. The number of rotatable bonds is 1. The van der Waals surface area contributed by atoms with E-state index < -0.39 is 0 Å². The topological polar surface area (TPSA) is 0 Å². The van der Waals surface area contributed by atoms with Gasteiger partial charge < -0.3 is 0 Å². The first-order valence-electron chi connectivity index (χ1n) is 5.43. The molecule has 0 amide bonds. The lowest BCUT2D eigenvalue weighted by molar-refractivity contribution is 1.33. The van der Waals surface area contributed by atoms with Crippen molar-refractivity contribution >= 4 is 11.6 Å². The van der Waals surface area contributed by atoms with Gasteiger partial charge in [-0.3, -0.25) is 0 Å². The van der Waals surface area contributed by atoms with E-state index in [1.807, 2.05) is 12.1 Å². The molecule has 0 heterocycles. The van der Waals surface area contributed by atoms with Crippen molar-refractivity contribution in [2.45, 2.75) is 20.8 Å². The highest BCUT2D eigenvalue weighted by atomic mass is 35.5. The van der Waals surface area contributed by atoms with Gasteiger partial charge in [0, 0.05) is 10.6 Å². The maximum absolute atomic E-state index is 6.29. The normalized spacial score (nSPS) is 10.5. The van der Waals surface area contributed by atoms with Crippen LogP contribution in [0.25, 0.3) is 11.1 Å². The van der Waals surface area contributed by atoms with Gasteiger partial charge in [-0.05, 0) is 49.1 Å². The van der Waals surface area contributed by atoms with Crippen molar-refractivity contribution in [3.05, 3.63) is 58.1 Å². The van der Waals surface area contributed by atoms with Gasteiger partial charge in [-0.1, -0.05) is 41.9 Å². The Balaban J connectivity index is 2.73. The van der Waals surface area contributed by atoms with Gasteiger partial charge in [0.25, 0.3) is 0 Å². The standard InChI is InChI=1S/C15H15Cl/c1-10-6-4-8-13(12(10)3)15-11(2)7-5-9-14(15)16/h4-9H,1-3H3. The van der Waals surface area contributed by atoms with Crippen molar-refractivity contribution < 1.29 is 0 Å². The highest BCUT2D eigenvalue weighted by Crippen LogP contribution is 2.33. The summed E-state index contributed by atoms with van der Waals surface area (Å²) in [6.45, 7) is 6.38. The summed E-state index contributed by atoms with van der Waals surface area (Å²) in [6, 6.07) is 12.4. The Bertz CT molecular complexity index is 507. The van der Waals surface area contributed by atoms with Gasteiger partial charge in [-0.15, -0.1) is 0 Å². The fourth-order valence-electron chi connectivity index (χ4n) is 1.99. The molecule has 0 radical (unpaired) electrons. The third kappa shape index (κ3) is 1.85. The molecule has 0 aliphatic rings. The molecule has 0 aromatic heterocycles. The van der Waals surface area contributed by atoms with E-state index in [1.165, 1.54) is 22.3 Å². The predicted octanol–water partition coefficient (Wildman–Crippen LogP) is 4.93. The van der Waals surface area contributed by atoms with Crippen LogP contribution < -0.4 is 0 Å². The maximum Gasteiger partial charge on any atom is 0.0487 e. The third-order valence-corrected chi connectivity index (χ3v) is 3.41. The molecule has 0 fully saturated rings. The summed E-state index contributed by atoms with van der Waals surface area (Å²) >= 11 is 6.29. The number of halogens is 1. The van der Waals surface area contributed by atoms with Crippen LogP contribution in [-0.2, 0) is 0 Å². The van der Waals surface area contributed by atoms with Crippen LogP contribution in [0.15, 0.2) is 36.4 Å². The Morgan fingerprint density at radius 2 is 1.44 bits per heavy atom. The van der Waals surface area contributed by atoms with Gasteiger partial charge in [0.1, 0.15) is 0 Å². The van der Waals surface area contributed by atoms with Crippen LogP contribution in [0.3, 0.4) is 0 Å². The molecule has 0 saturated carbocycles. The molecule has 2 rings (SSSR count). The SMILES string of the molecule is Cc1cccc(-c2c(C)cccc2Cl)c1C. The Kier molecular flexibility index (Phi) is 3.02. The van der Waals surface area contributed by atoms with Crippen LogP contribution >= 0.6 is 11.6 Å². The molecule has 0 aliphatic heterocycles. The molecule has 0 spiro atoms. The molecule has 0 N–H and O–H groups in total. The monoisotopic (exact) mass is 230 g/mol. The minimum Gasteiger partial charge on any atom is -0.0837 e. The first-order chi connectivity index (χ1) is 7.61. The minimum absolute atomic E-state index is 0.828. The summed E-state index contributed by atoms with van der Waals surface area (Å²) in [4.78, 5) is 0. The number of hydrogen-bond donors (Lipinski definition) is 0. The first-order valence-corrected chi connectivity index (χ1v) is 5.80. The molecule has 2 aromatic rings. The highest BCUT2D eigenvalue weighted by Gasteiger charge is 2.09. The van der Waals surface area contributed by atoms with Gasteiger partial charge in [0.15, 0.2) is 0 Å². The number of hydrogen-bond acceptors (Lipinski definition) is 0. The van der Waals surface area contributed by atoms with Crippen LogP contribution in [0.1, 0.15) is 16.7 Å². The van der Waals surface area contributed by atoms with E-state index in [9.17, 15) is 0 Å². The van der Waals surface area contributed by atoms with E-state index in [2.05, 4.69) is 45.0 Å². The average molecular weight is 231 g/mol. The van der Waals surface area contributed by atoms with E-state index in [0.29, 0.717) is 0 Å². The van der Waals surface area contributed by atoms with Crippen molar-refractivity contribution in [1.29, 1.82) is 0 Å². The van der Waals surface area contributed by atoms with Crippen molar-refractivity contribution in [1.82, 2.24) is 0 Å². The molecule has 0 saturated heterocycles. The quantitative estimate of drug-likeness (QED) is 0.652. The Morgan fingerprint density at radius 3 is 2.12 bits per heavy atom. The molecule has 16 heavy (non-hydrogen) atoms. The van der Waals surface area contributed by atoms with Gasteiger partial charge in [-0.2, -0.15) is 0 Å². The lowest BCUT2D eigenvalue weighted by Crippen LogP contribution is -1.90. The van der Waals surface area contributed by atoms with Gasteiger partial charge in [0.05, 0.1) is 0 Å². The van der Waals surface area contributed by atoms with Gasteiger partial charge >= 0.3 is 0 Å². The summed E-state index contributed by atoms with van der Waals surface area (Å²) in [5.74, 6) is 0. The summed E-state index contributed by atoms with van der Waals surface area (Å²) in [6.07, 6.45) is 0. The molecule has 2 aromatic carbocycles. The predicted molar refractivity (Wildman–Crippen MR) is 71.1 cm³/mol. The Labute approximate surface area is 102 Å². The molecule has 0 aliphatic carbocycles. The van der Waals surface area contributed by atoms with Crippen LogP contribution in [0.5, 0.6) is 0 Å². The second-order valence-corrected chi connectivity index (χ2v) is 4.59. The Morgan fingerprint density at radius 1 is 0.812 bits per heavy atom. The second kappa shape index (κ2) is 4.31. The fraction of sp³-hybridized carbons (Fsp3) is 0.200. The maximum atomic E-state index is 6.29. The van der Waals surface area contributed by atoms with E-state index in [4.69, 9.17) is 11.6 Å². The third-order valence-electron chi connectivity index (χ3n) is 3.10. The van der Waals surface area contributed by atoms with E-state index in [-0.39, 0.29) is 0 Å². The number of benzene rings is 2. The first kappa shape index (κ1) is 11.2. The molecule has 82 valence electrons. The number of aryl methyl sites for hydroxylation is 2. The molecule has 0 nitrogen and oxygen atoms in total. The van der Waals surface area contributed by atoms with E-state index >= 15 is 0 Å². The molecular formula is C15H15Cl. The zero-order valence-corrected chi connectivity index (χ0v) is 10.6. The summed E-state index contributed by atoms with van der Waals surface area (Å²) < 4.78 is 0. The van der Waals surface area contributed by atoms with Gasteiger partial charge in [0.2, 0.25) is 0 Å². The van der Waals surface area contributed by atoms with Crippen LogP contribution in [0.2, 0.25) is 5.02 Å². The Hall–Kier alpha value is -1.27. The minimum atomic E-state index is 0.828. The van der Waals surface area contributed by atoms with Crippen molar-refractivity contribution in [3.63, 3.8) is 0 Å². The summed E-state index contributed by atoms with van der Waals surface area (Å²) in [5.41, 5.74) is 6.23. The smallest absolute Gasteiger partial charge is 0.0487 e. The van der Waals surface area contributed by atoms with Crippen molar-refractivity contribution in [2.24, 2.45) is 0 Å². The van der Waals surface area contributed by atoms with Gasteiger partial charge in [-0.25, -0.2) is 0 Å². The van der Waals surface area contributed by atoms with Crippen LogP contribution in [0.4, 0.5) is 0 Å². The lowest BCUT2D eigenvalue weighted by Gasteiger charge is -2.12. The van der Waals surface area contributed by atoms with Crippen LogP contribution in [-0.4, -0.2) is 0 Å². The molecule has 0 atom stereocenters. The van der Waals surface area contributed by atoms with Crippen molar-refractivity contribution in [3.8, 4) is 11.1 Å². The summed E-state index contributed by atoms with van der Waals surface area (Å²) in [5, 5.41) is 0.828. The zero-order valence-electron chi connectivity index (χ0n) is 9.84. The largest absolute Gasteiger partial charge is 0.0837 e. The summed E-state index contributed by atoms with van der Waals surface area (Å²) in [7, 11) is 0. The molecule has 1 heteroatoms. The highest BCUT2D eigenvalue weighted by molar-refractivity contribution is 6.33. The zero-order chi connectivity index (χ0) is 11.7. The van der Waals surface area contributed by atoms with Crippen molar-refractivity contribution in [2.75, 3.05) is 0 Å².